The average Bonchev–Trinajstić information content (AvgIpc) is 2.79. The van der Waals surface area contributed by atoms with Gasteiger partial charge in [0.25, 0.3) is 0 Å². The zero-order valence-electron chi connectivity index (χ0n) is 17.3. The molecule has 0 radical (unpaired) electrons. The number of anilines is 1. The van der Waals surface area contributed by atoms with E-state index in [4.69, 9.17) is 0 Å². The van der Waals surface area contributed by atoms with E-state index in [1.165, 1.54) is 29.3 Å². The molecule has 0 saturated carbocycles. The van der Waals surface area contributed by atoms with Crippen molar-refractivity contribution in [1.29, 1.82) is 0 Å². The second-order valence-electron chi connectivity index (χ2n) is 8.42. The van der Waals surface area contributed by atoms with Crippen LogP contribution in [-0.4, -0.2) is 41.6 Å². The van der Waals surface area contributed by atoms with Crippen LogP contribution in [0.4, 0.5) is 10.1 Å². The first-order valence-electron chi connectivity index (χ1n) is 10.7. The molecule has 5 rings (SSSR count). The number of benzene rings is 2. The van der Waals surface area contributed by atoms with Gasteiger partial charge < -0.3 is 16.0 Å². The van der Waals surface area contributed by atoms with E-state index in [9.17, 15) is 18.8 Å². The third-order valence-electron chi connectivity index (χ3n) is 6.43. The molecule has 4 N–H and O–H groups in total. The second kappa shape index (κ2) is 8.33. The van der Waals surface area contributed by atoms with Crippen LogP contribution in [0, 0.1) is 17.7 Å². The van der Waals surface area contributed by atoms with Gasteiger partial charge in [-0.1, -0.05) is 36.4 Å². The molecule has 2 fully saturated rings. The van der Waals surface area contributed by atoms with Crippen LogP contribution in [0.1, 0.15) is 17.5 Å². The summed E-state index contributed by atoms with van der Waals surface area (Å²) in [6, 6.07) is 14.0. The second-order valence-corrected chi connectivity index (χ2v) is 8.42. The van der Waals surface area contributed by atoms with E-state index in [-0.39, 0.29) is 23.9 Å². The van der Waals surface area contributed by atoms with Crippen molar-refractivity contribution in [3.05, 3.63) is 65.5 Å². The van der Waals surface area contributed by atoms with E-state index in [2.05, 4.69) is 38.3 Å². The van der Waals surface area contributed by atoms with Gasteiger partial charge in [0.15, 0.2) is 0 Å². The lowest BCUT2D eigenvalue weighted by atomic mass is 9.81. The molecule has 3 heterocycles. The van der Waals surface area contributed by atoms with Gasteiger partial charge >= 0.3 is 0 Å². The monoisotopic (exact) mass is 437 g/mol. The molecule has 0 aromatic heterocycles. The topological polar surface area (TPSA) is 103 Å². The Bertz CT molecular complexity index is 1080. The summed E-state index contributed by atoms with van der Waals surface area (Å²) in [6.07, 6.45) is -0.439. The highest BCUT2D eigenvalue weighted by Gasteiger charge is 2.49. The average molecular weight is 437 g/mol. The molecular formula is C23H24FN5O3. The quantitative estimate of drug-likeness (QED) is 0.572. The summed E-state index contributed by atoms with van der Waals surface area (Å²) in [5.74, 6) is -3.48. The van der Waals surface area contributed by atoms with E-state index in [0.29, 0.717) is 6.54 Å². The van der Waals surface area contributed by atoms with Gasteiger partial charge in [0, 0.05) is 19.5 Å². The number of carbonyl (C=O) groups excluding carboxylic acids is 3. The fraction of sp³-hybridized carbons (Fsp3) is 0.348. The smallest absolute Gasteiger partial charge is 0.229 e. The van der Waals surface area contributed by atoms with Crippen molar-refractivity contribution >= 4 is 23.4 Å². The SMILES string of the molecule is O=C1CC(C(=O)Nc2ccccc2F)C2C(=O)NC(N3CCc4ccccc4C3)NC2N1. The van der Waals surface area contributed by atoms with Gasteiger partial charge in [-0.2, -0.15) is 0 Å². The Morgan fingerprint density at radius 3 is 2.59 bits per heavy atom. The molecule has 2 aromatic rings. The van der Waals surface area contributed by atoms with Crippen molar-refractivity contribution in [2.45, 2.75) is 31.8 Å². The summed E-state index contributed by atoms with van der Waals surface area (Å²) >= 11 is 0. The Kier molecular flexibility index (Phi) is 5.36. The number of halogens is 1. The maximum Gasteiger partial charge on any atom is 0.229 e. The first-order valence-corrected chi connectivity index (χ1v) is 10.7. The van der Waals surface area contributed by atoms with Crippen LogP contribution in [0.5, 0.6) is 0 Å². The van der Waals surface area contributed by atoms with E-state index in [1.807, 2.05) is 12.1 Å². The number of nitrogens with one attached hydrogen (secondary N) is 4. The highest BCUT2D eigenvalue weighted by molar-refractivity contribution is 6.00. The zero-order chi connectivity index (χ0) is 22.2. The fourth-order valence-corrected chi connectivity index (χ4v) is 4.78. The summed E-state index contributed by atoms with van der Waals surface area (Å²) < 4.78 is 14.0. The lowest BCUT2D eigenvalue weighted by molar-refractivity contribution is -0.147. The Morgan fingerprint density at radius 1 is 1.03 bits per heavy atom. The summed E-state index contributed by atoms with van der Waals surface area (Å²) in [4.78, 5) is 40.5. The molecule has 9 heteroatoms. The molecule has 2 aromatic carbocycles. The van der Waals surface area contributed by atoms with E-state index in [0.717, 1.165) is 13.0 Å². The van der Waals surface area contributed by atoms with Crippen molar-refractivity contribution in [3.8, 4) is 0 Å². The van der Waals surface area contributed by atoms with Crippen molar-refractivity contribution in [2.75, 3.05) is 11.9 Å². The van der Waals surface area contributed by atoms with Crippen molar-refractivity contribution < 1.29 is 18.8 Å². The van der Waals surface area contributed by atoms with Crippen LogP contribution >= 0.6 is 0 Å². The molecule has 3 aliphatic rings. The van der Waals surface area contributed by atoms with Crippen LogP contribution in [0.2, 0.25) is 0 Å². The van der Waals surface area contributed by atoms with E-state index in [1.54, 1.807) is 6.07 Å². The van der Waals surface area contributed by atoms with Crippen LogP contribution in [0.25, 0.3) is 0 Å². The molecule has 2 saturated heterocycles. The Balaban J connectivity index is 1.32. The van der Waals surface area contributed by atoms with Gasteiger partial charge in [-0.05, 0) is 29.7 Å². The molecule has 32 heavy (non-hydrogen) atoms. The molecule has 3 amide bonds. The first-order chi connectivity index (χ1) is 15.5. The molecule has 8 nitrogen and oxygen atoms in total. The highest BCUT2D eigenvalue weighted by Crippen LogP contribution is 2.29. The molecular weight excluding hydrogens is 413 g/mol. The van der Waals surface area contributed by atoms with Gasteiger partial charge in [0.2, 0.25) is 17.7 Å². The van der Waals surface area contributed by atoms with Crippen molar-refractivity contribution in [1.82, 2.24) is 20.9 Å². The summed E-state index contributed by atoms with van der Waals surface area (Å²) in [7, 11) is 0. The van der Waals surface area contributed by atoms with Crippen molar-refractivity contribution in [2.24, 2.45) is 11.8 Å². The number of rotatable bonds is 3. The number of hydrogen-bond donors (Lipinski definition) is 4. The maximum atomic E-state index is 14.0. The van der Waals surface area contributed by atoms with Gasteiger partial charge in [-0.15, -0.1) is 0 Å². The molecule has 4 unspecified atom stereocenters. The molecule has 166 valence electrons. The molecule has 0 bridgehead atoms. The summed E-state index contributed by atoms with van der Waals surface area (Å²) in [5, 5.41) is 11.6. The van der Waals surface area contributed by atoms with Crippen LogP contribution < -0.4 is 21.3 Å². The summed E-state index contributed by atoms with van der Waals surface area (Å²) in [5.41, 5.74) is 2.51. The van der Waals surface area contributed by atoms with Gasteiger partial charge in [-0.25, -0.2) is 4.39 Å². The number of fused-ring (bicyclic) bond motifs is 2. The number of piperidine rings is 1. The van der Waals surface area contributed by atoms with E-state index < -0.39 is 36.0 Å². The minimum atomic E-state index is -0.913. The number of hydrogen-bond acceptors (Lipinski definition) is 5. The number of nitrogens with zero attached hydrogens (tertiary/aromatic N) is 1. The number of para-hydroxylation sites is 1. The molecule has 0 spiro atoms. The predicted molar refractivity (Wildman–Crippen MR) is 114 cm³/mol. The van der Waals surface area contributed by atoms with Crippen LogP contribution in [0.3, 0.4) is 0 Å². The van der Waals surface area contributed by atoms with Gasteiger partial charge in [0.1, 0.15) is 12.1 Å². The minimum Gasteiger partial charge on any atom is -0.340 e. The standard InChI is InChI=1S/C23H24FN5O3/c24-16-7-3-4-8-17(16)25-21(31)15-11-18(30)26-20-19(15)22(32)28-23(27-20)29-10-9-13-5-1-2-6-14(13)12-29/h1-8,15,19-20,23,27H,9-12H2,(H,25,31)(H,26,30)(H,28,32). The maximum absolute atomic E-state index is 14.0. The predicted octanol–water partition coefficient (Wildman–Crippen LogP) is 0.904. The third kappa shape index (κ3) is 3.85. The molecule has 4 atom stereocenters. The third-order valence-corrected chi connectivity index (χ3v) is 6.43. The molecule has 3 aliphatic heterocycles. The van der Waals surface area contributed by atoms with Gasteiger partial charge in [0.05, 0.1) is 23.7 Å². The normalized spacial score (nSPS) is 27.5. The fourth-order valence-electron chi connectivity index (χ4n) is 4.78. The summed E-state index contributed by atoms with van der Waals surface area (Å²) in [6.45, 7) is 1.41. The Hall–Kier alpha value is -3.30. The molecule has 0 aliphatic carbocycles. The largest absolute Gasteiger partial charge is 0.340 e. The Labute approximate surface area is 184 Å². The van der Waals surface area contributed by atoms with Crippen molar-refractivity contribution in [3.63, 3.8) is 0 Å². The minimum absolute atomic E-state index is 0.0223. The highest BCUT2D eigenvalue weighted by atomic mass is 19.1. The zero-order valence-corrected chi connectivity index (χ0v) is 17.3. The number of amides is 3. The van der Waals surface area contributed by atoms with E-state index >= 15 is 0 Å². The lowest BCUT2D eigenvalue weighted by Gasteiger charge is -2.47. The number of carbonyl (C=O) groups is 3. The van der Waals surface area contributed by atoms with Crippen LogP contribution in [0.15, 0.2) is 48.5 Å². The van der Waals surface area contributed by atoms with Gasteiger partial charge in [-0.3, -0.25) is 24.6 Å². The Morgan fingerprint density at radius 2 is 1.78 bits per heavy atom. The lowest BCUT2D eigenvalue weighted by Crippen LogP contribution is -2.74. The first kappa shape index (κ1) is 20.6. The van der Waals surface area contributed by atoms with Crippen LogP contribution in [-0.2, 0) is 27.3 Å².